The van der Waals surface area contributed by atoms with Crippen molar-refractivity contribution in [2.24, 2.45) is 0 Å². The van der Waals surface area contributed by atoms with Gasteiger partial charge >= 0.3 is 5.97 Å². The molecule has 70 valence electrons. The van der Waals surface area contributed by atoms with E-state index in [2.05, 4.69) is 33.3 Å². The van der Waals surface area contributed by atoms with E-state index in [-0.39, 0.29) is 5.97 Å². The molecule has 4 heteroatoms. The zero-order valence-corrected chi connectivity index (χ0v) is 9.56. The Morgan fingerprint density at radius 3 is 2.77 bits per heavy atom. The van der Waals surface area contributed by atoms with Gasteiger partial charge in [-0.3, -0.25) is 0 Å². The van der Waals surface area contributed by atoms with Gasteiger partial charge in [0, 0.05) is 10.2 Å². The molecule has 1 rings (SSSR count). The molecule has 0 radical (unpaired) electrons. The molecule has 0 aliphatic carbocycles. The first-order valence-corrected chi connectivity index (χ1v) is 5.09. The largest absolute Gasteiger partial charge is 0.465 e. The summed E-state index contributed by atoms with van der Waals surface area (Å²) in [5, 5.41) is 0. The van der Waals surface area contributed by atoms with E-state index in [0.717, 1.165) is 10.0 Å². The number of rotatable bonds is 2. The standard InChI is InChI=1S/C9H9BrO2S/c1-12-9(11)6-2-3-7(5-13)8(10)4-6/h2-4,13H,5H2,1H3. The van der Waals surface area contributed by atoms with Gasteiger partial charge < -0.3 is 4.74 Å². The lowest BCUT2D eigenvalue weighted by molar-refractivity contribution is 0.0600. The smallest absolute Gasteiger partial charge is 0.337 e. The van der Waals surface area contributed by atoms with Crippen LogP contribution < -0.4 is 0 Å². The normalized spacial score (nSPS) is 9.77. The average molecular weight is 261 g/mol. The second-order valence-corrected chi connectivity index (χ2v) is 3.63. The van der Waals surface area contributed by atoms with Crippen LogP contribution >= 0.6 is 28.6 Å². The van der Waals surface area contributed by atoms with Gasteiger partial charge in [-0.1, -0.05) is 22.0 Å². The molecule has 0 aromatic heterocycles. The molecule has 0 N–H and O–H groups in total. The van der Waals surface area contributed by atoms with Gasteiger partial charge in [-0.25, -0.2) is 4.79 Å². The van der Waals surface area contributed by atoms with Gasteiger partial charge in [-0.15, -0.1) is 0 Å². The average Bonchev–Trinajstić information content (AvgIpc) is 2.16. The summed E-state index contributed by atoms with van der Waals surface area (Å²) in [6.07, 6.45) is 0. The summed E-state index contributed by atoms with van der Waals surface area (Å²) in [5.74, 6) is 0.314. The van der Waals surface area contributed by atoms with Crippen LogP contribution in [0, 0.1) is 0 Å². The Kier molecular flexibility index (Phi) is 3.81. The SMILES string of the molecule is COC(=O)c1ccc(CS)c(Br)c1. The fourth-order valence-electron chi connectivity index (χ4n) is 0.920. The predicted octanol–water partition coefficient (Wildman–Crippen LogP) is 2.67. The van der Waals surface area contributed by atoms with Gasteiger partial charge in [0.15, 0.2) is 0 Å². The van der Waals surface area contributed by atoms with E-state index in [1.807, 2.05) is 6.07 Å². The highest BCUT2D eigenvalue weighted by Crippen LogP contribution is 2.20. The second-order valence-electron chi connectivity index (χ2n) is 2.46. The number of methoxy groups -OCH3 is 1. The summed E-state index contributed by atoms with van der Waals surface area (Å²) in [4.78, 5) is 11.1. The van der Waals surface area contributed by atoms with Crippen LogP contribution in [0.3, 0.4) is 0 Å². The lowest BCUT2D eigenvalue weighted by Crippen LogP contribution is -2.01. The molecule has 1 aromatic rings. The van der Waals surface area contributed by atoms with Gasteiger partial charge in [0.2, 0.25) is 0 Å². The van der Waals surface area contributed by atoms with Crippen LogP contribution in [-0.2, 0) is 10.5 Å². The molecule has 0 heterocycles. The quantitative estimate of drug-likeness (QED) is 0.654. The lowest BCUT2D eigenvalue weighted by atomic mass is 10.1. The van der Waals surface area contributed by atoms with Crippen molar-refractivity contribution in [3.05, 3.63) is 33.8 Å². The lowest BCUT2D eigenvalue weighted by Gasteiger charge is -2.03. The predicted molar refractivity (Wildman–Crippen MR) is 58.2 cm³/mol. The van der Waals surface area contributed by atoms with Crippen molar-refractivity contribution >= 4 is 34.5 Å². The maximum Gasteiger partial charge on any atom is 0.337 e. The van der Waals surface area contributed by atoms with Crippen LogP contribution in [0.15, 0.2) is 22.7 Å². The number of carbonyl (C=O) groups excluding carboxylic acids is 1. The first-order valence-electron chi connectivity index (χ1n) is 3.66. The number of halogens is 1. The Balaban J connectivity index is 3.02. The maximum absolute atomic E-state index is 11.1. The molecule has 0 aliphatic heterocycles. The molecule has 0 saturated heterocycles. The van der Waals surface area contributed by atoms with Crippen LogP contribution in [0.2, 0.25) is 0 Å². The van der Waals surface area contributed by atoms with Crippen molar-refractivity contribution in [1.82, 2.24) is 0 Å². The van der Waals surface area contributed by atoms with Crippen LogP contribution in [-0.4, -0.2) is 13.1 Å². The van der Waals surface area contributed by atoms with Crippen LogP contribution in [0.4, 0.5) is 0 Å². The zero-order chi connectivity index (χ0) is 9.84. The van der Waals surface area contributed by atoms with Crippen molar-refractivity contribution in [3.8, 4) is 0 Å². The third kappa shape index (κ3) is 2.48. The highest BCUT2D eigenvalue weighted by molar-refractivity contribution is 9.10. The van der Waals surface area contributed by atoms with E-state index in [9.17, 15) is 4.79 Å². The van der Waals surface area contributed by atoms with Gasteiger partial charge in [-0.05, 0) is 17.7 Å². The summed E-state index contributed by atoms with van der Waals surface area (Å²) < 4.78 is 5.47. The third-order valence-corrected chi connectivity index (χ3v) is 2.72. The summed E-state index contributed by atoms with van der Waals surface area (Å²) in [5.41, 5.74) is 1.59. The van der Waals surface area contributed by atoms with Crippen molar-refractivity contribution in [2.75, 3.05) is 7.11 Å². The Bertz CT molecular complexity index is 325. The minimum atomic E-state index is -0.327. The number of esters is 1. The number of hydrogen-bond donors (Lipinski definition) is 1. The molecule has 1 aromatic carbocycles. The number of benzene rings is 1. The molecule has 0 fully saturated rings. The van der Waals surface area contributed by atoms with E-state index in [1.54, 1.807) is 12.1 Å². The third-order valence-electron chi connectivity index (χ3n) is 1.64. The molecular weight excluding hydrogens is 252 g/mol. The van der Waals surface area contributed by atoms with E-state index in [0.29, 0.717) is 11.3 Å². The fraction of sp³-hybridized carbons (Fsp3) is 0.222. The maximum atomic E-state index is 11.1. The van der Waals surface area contributed by atoms with Gasteiger partial charge in [0.25, 0.3) is 0 Å². The monoisotopic (exact) mass is 260 g/mol. The highest BCUT2D eigenvalue weighted by Gasteiger charge is 2.06. The summed E-state index contributed by atoms with van der Waals surface area (Å²) in [6.45, 7) is 0. The van der Waals surface area contributed by atoms with Gasteiger partial charge in [0.05, 0.1) is 12.7 Å². The number of ether oxygens (including phenoxy) is 1. The van der Waals surface area contributed by atoms with Crippen molar-refractivity contribution in [1.29, 1.82) is 0 Å². The van der Waals surface area contributed by atoms with Crippen LogP contribution in [0.5, 0.6) is 0 Å². The molecule has 0 saturated carbocycles. The summed E-state index contributed by atoms with van der Waals surface area (Å²) >= 11 is 7.49. The zero-order valence-electron chi connectivity index (χ0n) is 7.08. The van der Waals surface area contributed by atoms with E-state index >= 15 is 0 Å². The number of thiol groups is 1. The first-order chi connectivity index (χ1) is 6.19. The Morgan fingerprint density at radius 1 is 1.62 bits per heavy atom. The molecule has 0 amide bonds. The highest BCUT2D eigenvalue weighted by atomic mass is 79.9. The van der Waals surface area contributed by atoms with Crippen molar-refractivity contribution < 1.29 is 9.53 Å². The van der Waals surface area contributed by atoms with Gasteiger partial charge in [-0.2, -0.15) is 12.6 Å². The van der Waals surface area contributed by atoms with Gasteiger partial charge in [0.1, 0.15) is 0 Å². The Hall–Kier alpha value is -0.480. The Labute approximate surface area is 90.8 Å². The van der Waals surface area contributed by atoms with E-state index in [4.69, 9.17) is 0 Å². The summed E-state index contributed by atoms with van der Waals surface area (Å²) in [7, 11) is 1.36. The van der Waals surface area contributed by atoms with Crippen LogP contribution in [0.1, 0.15) is 15.9 Å². The van der Waals surface area contributed by atoms with Crippen molar-refractivity contribution in [3.63, 3.8) is 0 Å². The van der Waals surface area contributed by atoms with E-state index in [1.165, 1.54) is 7.11 Å². The molecule has 0 atom stereocenters. The number of carbonyl (C=O) groups is 1. The molecule has 0 spiro atoms. The Morgan fingerprint density at radius 2 is 2.31 bits per heavy atom. The minimum Gasteiger partial charge on any atom is -0.465 e. The molecule has 0 bridgehead atoms. The van der Waals surface area contributed by atoms with Crippen molar-refractivity contribution in [2.45, 2.75) is 5.75 Å². The molecule has 0 aliphatic rings. The van der Waals surface area contributed by atoms with Crippen LogP contribution in [0.25, 0.3) is 0 Å². The molecule has 13 heavy (non-hydrogen) atoms. The molecule has 0 unspecified atom stereocenters. The molecular formula is C9H9BrO2S. The fourth-order valence-corrected chi connectivity index (χ4v) is 1.93. The number of hydrogen-bond acceptors (Lipinski definition) is 3. The second kappa shape index (κ2) is 4.67. The van der Waals surface area contributed by atoms with E-state index < -0.39 is 0 Å². The molecule has 2 nitrogen and oxygen atoms in total. The summed E-state index contributed by atoms with van der Waals surface area (Å²) in [6, 6.07) is 5.31. The minimum absolute atomic E-state index is 0.327. The topological polar surface area (TPSA) is 26.3 Å². The first kappa shape index (κ1) is 10.6.